The summed E-state index contributed by atoms with van der Waals surface area (Å²) < 4.78 is 9.64. The van der Waals surface area contributed by atoms with Gasteiger partial charge in [-0.05, 0) is 79.5 Å². The first-order valence-electron chi connectivity index (χ1n) is 16.0. The second kappa shape index (κ2) is 12.9. The van der Waals surface area contributed by atoms with Crippen molar-refractivity contribution in [2.75, 3.05) is 7.11 Å². The molecule has 1 atom stereocenters. The van der Waals surface area contributed by atoms with Crippen LogP contribution in [0, 0.1) is 5.92 Å². The molecular formula is C39H38N4O2. The monoisotopic (exact) mass is 594 g/mol. The fourth-order valence-electron chi connectivity index (χ4n) is 6.87. The van der Waals surface area contributed by atoms with Gasteiger partial charge in [0.1, 0.15) is 5.82 Å². The van der Waals surface area contributed by atoms with Gasteiger partial charge >= 0.3 is 5.97 Å². The molecule has 0 saturated carbocycles. The molecule has 4 aromatic carbocycles. The predicted octanol–water partition coefficient (Wildman–Crippen LogP) is 8.81. The molecule has 0 fully saturated rings. The number of ether oxygens (including phenoxy) is 1. The van der Waals surface area contributed by atoms with E-state index in [-0.39, 0.29) is 11.9 Å². The molecule has 6 aromatic rings. The number of benzene rings is 4. The number of imidazole rings is 2. The maximum absolute atomic E-state index is 12.4. The number of methoxy groups -OCH3 is 1. The Morgan fingerprint density at radius 1 is 0.911 bits per heavy atom. The van der Waals surface area contributed by atoms with Crippen LogP contribution in [0.5, 0.6) is 0 Å². The van der Waals surface area contributed by atoms with Crippen molar-refractivity contribution in [2.45, 2.75) is 51.1 Å². The Balaban J connectivity index is 1.29. The van der Waals surface area contributed by atoms with Crippen molar-refractivity contribution >= 4 is 28.0 Å². The number of hydrogen-bond donors (Lipinski definition) is 0. The molecule has 1 aliphatic carbocycles. The predicted molar refractivity (Wildman–Crippen MR) is 180 cm³/mol. The molecule has 45 heavy (non-hydrogen) atoms. The van der Waals surface area contributed by atoms with E-state index < -0.39 is 0 Å². The lowest BCUT2D eigenvalue weighted by molar-refractivity contribution is 0.0601. The number of aryl methyl sites for hydroxylation is 2. The first-order chi connectivity index (χ1) is 22.2. The highest BCUT2D eigenvalue weighted by atomic mass is 16.5. The van der Waals surface area contributed by atoms with Crippen molar-refractivity contribution in [2.24, 2.45) is 5.92 Å². The highest BCUT2D eigenvalue weighted by Gasteiger charge is 2.21. The number of aromatic nitrogens is 4. The second-order valence-corrected chi connectivity index (χ2v) is 12.0. The minimum absolute atomic E-state index is 0.266. The summed E-state index contributed by atoms with van der Waals surface area (Å²) in [6, 6.07) is 33.5. The summed E-state index contributed by atoms with van der Waals surface area (Å²) in [6.07, 6.45) is 12.3. The lowest BCUT2D eigenvalue weighted by atomic mass is 9.88. The van der Waals surface area contributed by atoms with E-state index in [4.69, 9.17) is 14.7 Å². The van der Waals surface area contributed by atoms with E-state index in [1.165, 1.54) is 37.5 Å². The van der Waals surface area contributed by atoms with Gasteiger partial charge in [-0.3, -0.25) is 0 Å². The SMILES string of the molecule is COC(=O)c1ccc2c(c1)nc(-c1cccc3ncn(CCC(c4ccccc4)c4ccccc4)c13)n2CCC1C=CCCC1. The average molecular weight is 595 g/mol. The highest BCUT2D eigenvalue weighted by Crippen LogP contribution is 2.34. The number of para-hydroxylation sites is 1. The summed E-state index contributed by atoms with van der Waals surface area (Å²) in [5, 5.41) is 0. The smallest absolute Gasteiger partial charge is 0.337 e. The topological polar surface area (TPSA) is 61.9 Å². The molecule has 0 bridgehead atoms. The summed E-state index contributed by atoms with van der Waals surface area (Å²) in [4.78, 5) is 22.4. The molecule has 2 heterocycles. The first-order valence-corrected chi connectivity index (χ1v) is 16.0. The molecule has 0 aliphatic heterocycles. The van der Waals surface area contributed by atoms with Crippen LogP contribution in [-0.4, -0.2) is 32.2 Å². The Labute approximate surface area is 264 Å². The standard InChI is InChI=1S/C39H38N4O2/c1-45-39(44)31-20-21-36-35(26-31)41-38(43(36)25-22-28-12-5-2-6-13-28)33-18-11-19-34-37(33)42(27-40-34)24-23-32(29-14-7-3-8-15-29)30-16-9-4-10-17-30/h3-5,7-12,14-21,26-28,32H,2,6,13,22-25H2,1H3. The number of esters is 1. The molecule has 0 saturated heterocycles. The minimum atomic E-state index is -0.355. The van der Waals surface area contributed by atoms with E-state index in [0.29, 0.717) is 11.5 Å². The van der Waals surface area contributed by atoms with E-state index in [9.17, 15) is 4.79 Å². The van der Waals surface area contributed by atoms with Gasteiger partial charge in [0.05, 0.1) is 41.1 Å². The zero-order chi connectivity index (χ0) is 30.6. The van der Waals surface area contributed by atoms with Gasteiger partial charge in [-0.2, -0.15) is 0 Å². The zero-order valence-corrected chi connectivity index (χ0v) is 25.7. The molecule has 0 radical (unpaired) electrons. The lowest BCUT2D eigenvalue weighted by Gasteiger charge is -2.19. The number of allylic oxidation sites excluding steroid dienone is 2. The third kappa shape index (κ3) is 5.93. The Morgan fingerprint density at radius 2 is 1.69 bits per heavy atom. The van der Waals surface area contributed by atoms with Crippen molar-refractivity contribution in [1.29, 1.82) is 0 Å². The van der Waals surface area contributed by atoms with Crippen molar-refractivity contribution in [3.63, 3.8) is 0 Å². The van der Waals surface area contributed by atoms with Crippen LogP contribution in [0.25, 0.3) is 33.5 Å². The van der Waals surface area contributed by atoms with Gasteiger partial charge < -0.3 is 13.9 Å². The van der Waals surface area contributed by atoms with Crippen molar-refractivity contribution in [3.8, 4) is 11.4 Å². The van der Waals surface area contributed by atoms with E-state index in [1.54, 1.807) is 0 Å². The Morgan fingerprint density at radius 3 is 2.40 bits per heavy atom. The Hall–Kier alpha value is -4.97. The maximum Gasteiger partial charge on any atom is 0.337 e. The third-order valence-electron chi connectivity index (χ3n) is 9.19. The summed E-state index contributed by atoms with van der Waals surface area (Å²) >= 11 is 0. The van der Waals surface area contributed by atoms with Gasteiger partial charge in [-0.25, -0.2) is 14.8 Å². The van der Waals surface area contributed by atoms with Gasteiger partial charge in [0.2, 0.25) is 0 Å². The van der Waals surface area contributed by atoms with Crippen LogP contribution in [0.15, 0.2) is 116 Å². The molecule has 226 valence electrons. The van der Waals surface area contributed by atoms with Crippen molar-refractivity contribution in [3.05, 3.63) is 132 Å². The number of hydrogen-bond acceptors (Lipinski definition) is 4. The molecule has 6 nitrogen and oxygen atoms in total. The molecule has 7 rings (SSSR count). The third-order valence-corrected chi connectivity index (χ3v) is 9.19. The molecule has 0 N–H and O–H groups in total. The van der Waals surface area contributed by atoms with Crippen molar-refractivity contribution < 1.29 is 9.53 Å². The van der Waals surface area contributed by atoms with Crippen LogP contribution in [0.2, 0.25) is 0 Å². The molecule has 0 spiro atoms. The molecule has 0 amide bonds. The molecule has 6 heteroatoms. The zero-order valence-electron chi connectivity index (χ0n) is 25.7. The summed E-state index contributed by atoms with van der Waals surface area (Å²) in [6.45, 7) is 1.65. The fraction of sp³-hybridized carbons (Fsp3) is 0.256. The second-order valence-electron chi connectivity index (χ2n) is 12.0. The number of fused-ring (bicyclic) bond motifs is 2. The minimum Gasteiger partial charge on any atom is -0.465 e. The normalized spacial score (nSPS) is 14.8. The first kappa shape index (κ1) is 28.8. The van der Waals surface area contributed by atoms with Crippen LogP contribution >= 0.6 is 0 Å². The average Bonchev–Trinajstić information content (AvgIpc) is 3.69. The molecule has 1 aliphatic rings. The van der Waals surface area contributed by atoms with Crippen molar-refractivity contribution in [1.82, 2.24) is 19.1 Å². The largest absolute Gasteiger partial charge is 0.465 e. The number of rotatable bonds is 10. The quantitative estimate of drug-likeness (QED) is 0.117. The molecule has 2 aromatic heterocycles. The van der Waals surface area contributed by atoms with Crippen LogP contribution in [0.4, 0.5) is 0 Å². The van der Waals surface area contributed by atoms with Gasteiger partial charge in [-0.15, -0.1) is 0 Å². The van der Waals surface area contributed by atoms with Gasteiger partial charge in [-0.1, -0.05) is 78.9 Å². The summed E-state index contributed by atoms with van der Waals surface area (Å²) in [7, 11) is 1.41. The molecule has 1 unspecified atom stereocenters. The number of carbonyl (C=O) groups excluding carboxylic acids is 1. The highest BCUT2D eigenvalue weighted by molar-refractivity contribution is 5.96. The maximum atomic E-state index is 12.4. The van der Waals surface area contributed by atoms with Crippen LogP contribution < -0.4 is 0 Å². The van der Waals surface area contributed by atoms with Crippen LogP contribution in [0.1, 0.15) is 59.5 Å². The van der Waals surface area contributed by atoms with Crippen LogP contribution in [-0.2, 0) is 17.8 Å². The van der Waals surface area contributed by atoms with E-state index in [2.05, 4.69) is 100 Å². The van der Waals surface area contributed by atoms with Gasteiger partial charge in [0, 0.05) is 24.6 Å². The Kier molecular flexibility index (Phi) is 8.28. The summed E-state index contributed by atoms with van der Waals surface area (Å²) in [5.74, 6) is 1.38. The van der Waals surface area contributed by atoms with E-state index in [0.717, 1.165) is 59.4 Å². The fourth-order valence-corrected chi connectivity index (χ4v) is 6.87. The van der Waals surface area contributed by atoms with E-state index in [1.807, 2.05) is 24.5 Å². The van der Waals surface area contributed by atoms with Gasteiger partial charge in [0.15, 0.2) is 0 Å². The number of carbonyl (C=O) groups is 1. The molecular weight excluding hydrogens is 556 g/mol. The summed E-state index contributed by atoms with van der Waals surface area (Å²) in [5.41, 5.74) is 8.04. The number of nitrogens with zero attached hydrogens (tertiary/aromatic N) is 4. The Bertz CT molecular complexity index is 1920. The lowest BCUT2D eigenvalue weighted by Crippen LogP contribution is -2.09. The van der Waals surface area contributed by atoms with Gasteiger partial charge in [0.25, 0.3) is 0 Å². The van der Waals surface area contributed by atoms with Crippen LogP contribution in [0.3, 0.4) is 0 Å². The van der Waals surface area contributed by atoms with E-state index >= 15 is 0 Å².